The van der Waals surface area contributed by atoms with Crippen molar-refractivity contribution in [3.63, 3.8) is 0 Å². The Labute approximate surface area is 183 Å². The van der Waals surface area contributed by atoms with Crippen LogP contribution in [0.15, 0.2) is 23.8 Å². The van der Waals surface area contributed by atoms with Crippen molar-refractivity contribution in [3.05, 3.63) is 23.8 Å². The fourth-order valence-corrected chi connectivity index (χ4v) is 5.56. The second kappa shape index (κ2) is 15.8. The molecule has 0 aromatic rings. The second-order valence-electron chi connectivity index (χ2n) is 6.63. The van der Waals surface area contributed by atoms with E-state index in [1.54, 1.807) is 12.2 Å². The molecule has 0 aliphatic heterocycles. The van der Waals surface area contributed by atoms with E-state index in [2.05, 4.69) is 32.4 Å². The normalized spacial score (nSPS) is 13.9. The van der Waals surface area contributed by atoms with E-state index in [-0.39, 0.29) is 12.1 Å². The highest BCUT2D eigenvalue weighted by Gasteiger charge is 2.27. The summed E-state index contributed by atoms with van der Waals surface area (Å²) in [6, 6.07) is 0.457. The van der Waals surface area contributed by atoms with E-state index in [1.165, 1.54) is 40.1 Å². The largest absolute Gasteiger partial charge is 0.353 e. The molecule has 12 heteroatoms. The van der Waals surface area contributed by atoms with Crippen LogP contribution < -0.4 is 0 Å². The van der Waals surface area contributed by atoms with Gasteiger partial charge in [-0.15, -0.1) is 0 Å². The van der Waals surface area contributed by atoms with Crippen molar-refractivity contribution < 1.29 is 36.3 Å². The lowest BCUT2D eigenvalue weighted by Crippen LogP contribution is -2.33. The molecule has 0 bridgehead atoms. The molecule has 0 aromatic heterocycles. The molecule has 0 N–H and O–H groups in total. The minimum atomic E-state index is -3.16. The lowest BCUT2D eigenvalue weighted by molar-refractivity contribution is 0.178. The number of nitrogens with zero attached hydrogens (tertiary/aromatic N) is 1. The van der Waals surface area contributed by atoms with Gasteiger partial charge in [0.05, 0.1) is 13.2 Å². The zero-order valence-corrected chi connectivity index (χ0v) is 22.0. The predicted molar refractivity (Wildman–Crippen MR) is 122 cm³/mol. The lowest BCUT2D eigenvalue weighted by Gasteiger charge is -2.35. The highest BCUT2D eigenvalue weighted by molar-refractivity contribution is 7.57. The first-order chi connectivity index (χ1) is 14.1. The molecule has 0 radical (unpaired) electrons. The molecule has 30 heavy (non-hydrogen) atoms. The van der Waals surface area contributed by atoms with Crippen molar-refractivity contribution in [2.75, 3.05) is 41.7 Å². The van der Waals surface area contributed by atoms with Gasteiger partial charge in [0.1, 0.15) is 0 Å². The summed E-state index contributed by atoms with van der Waals surface area (Å²) in [5.41, 5.74) is 0. The fourth-order valence-electron chi connectivity index (χ4n) is 2.34. The maximum absolute atomic E-state index is 12.0. The molecule has 0 aliphatic rings. The first-order valence-corrected chi connectivity index (χ1v) is 14.1. The topological polar surface area (TPSA) is 92.8 Å². The Hall–Kier alpha value is 0.0900. The third-order valence-corrected chi connectivity index (χ3v) is 9.11. The highest BCUT2D eigenvalue weighted by atomic mass is 31.2. The molecule has 0 amide bonds. The Balaban J connectivity index is 4.86. The van der Waals surface area contributed by atoms with Gasteiger partial charge in [-0.05, 0) is 40.5 Å². The summed E-state index contributed by atoms with van der Waals surface area (Å²) in [5.74, 6) is 2.85. The van der Waals surface area contributed by atoms with Crippen LogP contribution in [0.5, 0.6) is 0 Å². The maximum atomic E-state index is 12.0. The average Bonchev–Trinajstić information content (AvgIpc) is 2.71. The summed E-state index contributed by atoms with van der Waals surface area (Å²) in [5, 5.41) is 0. The molecule has 0 aromatic carbocycles. The van der Waals surface area contributed by atoms with Crippen molar-refractivity contribution >= 4 is 23.7 Å². The van der Waals surface area contributed by atoms with Crippen LogP contribution in [0, 0.1) is 0 Å². The van der Waals surface area contributed by atoms with Gasteiger partial charge in [-0.25, -0.2) is 4.67 Å². The summed E-state index contributed by atoms with van der Waals surface area (Å²) >= 11 is 0. The molecule has 0 spiro atoms. The molecule has 9 nitrogen and oxygen atoms in total. The van der Waals surface area contributed by atoms with E-state index in [4.69, 9.17) is 27.1 Å². The SMILES string of the molecule is COP(=O)(/C=C/CCOP(OCC/C=C/P(=O)(OC)OC)N(C(C)C)C(C)C)OC. The average molecular weight is 489 g/mol. The third kappa shape index (κ3) is 11.6. The van der Waals surface area contributed by atoms with Crippen LogP contribution in [-0.4, -0.2) is 58.4 Å². The minimum absolute atomic E-state index is 0.228. The quantitative estimate of drug-likeness (QED) is 0.176. The van der Waals surface area contributed by atoms with E-state index in [0.717, 1.165) is 0 Å². The van der Waals surface area contributed by atoms with Gasteiger partial charge < -0.3 is 27.1 Å². The van der Waals surface area contributed by atoms with Gasteiger partial charge in [-0.1, -0.05) is 12.2 Å². The van der Waals surface area contributed by atoms with Gasteiger partial charge in [-0.2, -0.15) is 0 Å². The highest BCUT2D eigenvalue weighted by Crippen LogP contribution is 2.49. The van der Waals surface area contributed by atoms with Gasteiger partial charge in [0.15, 0.2) is 0 Å². The molecule has 0 aliphatic carbocycles. The molecule has 0 unspecified atom stereocenters. The van der Waals surface area contributed by atoms with Gasteiger partial charge >= 0.3 is 15.2 Å². The molecular weight excluding hydrogens is 451 g/mol. The lowest BCUT2D eigenvalue weighted by atomic mass is 10.3. The van der Waals surface area contributed by atoms with Crippen molar-refractivity contribution in [1.82, 2.24) is 4.67 Å². The number of rotatable bonds is 17. The first kappa shape index (κ1) is 30.1. The number of hydrogen-bond acceptors (Lipinski definition) is 9. The molecule has 178 valence electrons. The van der Waals surface area contributed by atoms with Gasteiger partial charge in [0, 0.05) is 52.2 Å². The molecule has 0 heterocycles. The number of hydrogen-bond donors (Lipinski definition) is 0. The first-order valence-electron chi connectivity index (χ1n) is 9.70. The zero-order valence-electron chi connectivity index (χ0n) is 19.3. The van der Waals surface area contributed by atoms with Crippen molar-refractivity contribution in [1.29, 1.82) is 0 Å². The Morgan fingerprint density at radius 3 is 1.33 bits per heavy atom. The third-order valence-electron chi connectivity index (χ3n) is 3.81. The molecular formula is C18H38NO8P3. The van der Waals surface area contributed by atoms with E-state index >= 15 is 0 Å². The Bertz CT molecular complexity index is 546. The van der Waals surface area contributed by atoms with Crippen molar-refractivity contribution in [2.45, 2.75) is 52.6 Å². The summed E-state index contributed by atoms with van der Waals surface area (Å²) in [7, 11) is -2.27. The van der Waals surface area contributed by atoms with Crippen LogP contribution in [0.25, 0.3) is 0 Å². The Morgan fingerprint density at radius 1 is 0.733 bits per heavy atom. The van der Waals surface area contributed by atoms with Crippen molar-refractivity contribution in [2.24, 2.45) is 0 Å². The van der Waals surface area contributed by atoms with Crippen LogP contribution >= 0.6 is 23.7 Å². The zero-order chi connectivity index (χ0) is 23.2. The fraction of sp³-hybridized carbons (Fsp3) is 0.778. The van der Waals surface area contributed by atoms with Crippen molar-refractivity contribution in [3.8, 4) is 0 Å². The smallest absolute Gasteiger partial charge is 0.322 e. The van der Waals surface area contributed by atoms with Crippen LogP contribution in [0.2, 0.25) is 0 Å². The van der Waals surface area contributed by atoms with Gasteiger partial charge in [0.2, 0.25) is 0 Å². The monoisotopic (exact) mass is 489 g/mol. The molecule has 0 fully saturated rings. The van der Waals surface area contributed by atoms with E-state index in [9.17, 15) is 9.13 Å². The summed E-state index contributed by atoms with van der Waals surface area (Å²) < 4.78 is 57.7. The summed E-state index contributed by atoms with van der Waals surface area (Å²) in [6.45, 7) is 9.13. The molecule has 0 rings (SSSR count). The van der Waals surface area contributed by atoms with Crippen LogP contribution in [-0.2, 0) is 36.3 Å². The van der Waals surface area contributed by atoms with Crippen LogP contribution in [0.1, 0.15) is 40.5 Å². The molecule has 0 saturated heterocycles. The minimum Gasteiger partial charge on any atom is -0.322 e. The van der Waals surface area contributed by atoms with Gasteiger partial charge in [0.25, 0.3) is 8.53 Å². The van der Waals surface area contributed by atoms with E-state index in [0.29, 0.717) is 26.1 Å². The van der Waals surface area contributed by atoms with E-state index < -0.39 is 23.7 Å². The summed E-state index contributed by atoms with van der Waals surface area (Å²) in [4.78, 5) is 0. The van der Waals surface area contributed by atoms with Crippen LogP contribution in [0.3, 0.4) is 0 Å². The van der Waals surface area contributed by atoms with Gasteiger partial charge in [-0.3, -0.25) is 9.13 Å². The second-order valence-corrected chi connectivity index (χ2v) is 12.3. The Kier molecular flexibility index (Phi) is 15.9. The maximum Gasteiger partial charge on any atom is 0.353 e. The molecule has 0 saturated carbocycles. The Morgan fingerprint density at radius 2 is 1.07 bits per heavy atom. The molecule has 0 atom stereocenters. The standard InChI is InChI=1S/C18H38NO8P3/c1-17(2)19(18(3)4)28(26-13-9-11-15-29(20,22-5)23-6)27-14-10-12-16-30(21,24-7)25-8/h11-12,15-18H,9-10,13-14H2,1-8H3/b15-11+,16-12+. The van der Waals surface area contributed by atoms with E-state index in [1.807, 2.05) is 0 Å². The van der Waals surface area contributed by atoms with Crippen LogP contribution in [0.4, 0.5) is 0 Å². The summed E-state index contributed by atoms with van der Waals surface area (Å²) in [6.07, 6.45) is 4.50. The predicted octanol–water partition coefficient (Wildman–Crippen LogP) is 6.14.